The number of hydrogen-bond donors (Lipinski definition) is 1. The summed E-state index contributed by atoms with van der Waals surface area (Å²) in [6.07, 6.45) is 0. The van der Waals surface area contributed by atoms with Gasteiger partial charge in [0.1, 0.15) is 5.75 Å². The largest absolute Gasteiger partial charge is 0.497 e. The fourth-order valence-electron chi connectivity index (χ4n) is 2.58. The van der Waals surface area contributed by atoms with Crippen molar-refractivity contribution in [3.8, 4) is 5.75 Å². The van der Waals surface area contributed by atoms with E-state index in [4.69, 9.17) is 4.74 Å². The summed E-state index contributed by atoms with van der Waals surface area (Å²) in [5.74, 6) is 0.590. The zero-order valence-electron chi connectivity index (χ0n) is 14.1. The van der Waals surface area contributed by atoms with Crippen LogP contribution in [0.5, 0.6) is 5.75 Å². The lowest BCUT2D eigenvalue weighted by Gasteiger charge is -2.14. The molecule has 0 fully saturated rings. The molecule has 0 bridgehead atoms. The second-order valence-electron chi connectivity index (χ2n) is 5.68. The number of aromatic nitrogens is 2. The van der Waals surface area contributed by atoms with E-state index < -0.39 is 0 Å². The topological polar surface area (TPSA) is 64.1 Å². The van der Waals surface area contributed by atoms with Gasteiger partial charge in [-0.3, -0.25) is 9.78 Å². The maximum atomic E-state index is 12.8. The lowest BCUT2D eigenvalue weighted by Crippen LogP contribution is -2.27. The second kappa shape index (κ2) is 6.57. The summed E-state index contributed by atoms with van der Waals surface area (Å²) in [5.41, 5.74) is 3.02. The summed E-state index contributed by atoms with van der Waals surface area (Å²) >= 11 is 1.58. The van der Waals surface area contributed by atoms with Gasteiger partial charge in [-0.25, -0.2) is 4.98 Å². The minimum absolute atomic E-state index is 0.131. The van der Waals surface area contributed by atoms with Gasteiger partial charge in [0.25, 0.3) is 5.91 Å². The van der Waals surface area contributed by atoms with Crippen molar-refractivity contribution in [2.75, 3.05) is 7.11 Å². The van der Waals surface area contributed by atoms with Crippen LogP contribution in [0.25, 0.3) is 10.9 Å². The lowest BCUT2D eigenvalue weighted by atomic mass is 10.1. The van der Waals surface area contributed by atoms with Crippen LogP contribution in [-0.4, -0.2) is 23.0 Å². The quantitative estimate of drug-likeness (QED) is 0.784. The van der Waals surface area contributed by atoms with Gasteiger partial charge in [0.2, 0.25) is 0 Å². The summed E-state index contributed by atoms with van der Waals surface area (Å²) in [4.78, 5) is 21.7. The molecule has 24 heavy (non-hydrogen) atoms. The van der Waals surface area contributed by atoms with Crippen molar-refractivity contribution in [1.82, 2.24) is 15.3 Å². The highest BCUT2D eigenvalue weighted by Gasteiger charge is 2.17. The summed E-state index contributed by atoms with van der Waals surface area (Å²) in [5, 5.41) is 6.79. The molecule has 0 aliphatic carbocycles. The number of thiazole rings is 1. The van der Waals surface area contributed by atoms with E-state index in [2.05, 4.69) is 15.3 Å². The predicted molar refractivity (Wildman–Crippen MR) is 95.8 cm³/mol. The SMILES string of the molecule is COc1ccc2c(C(=O)N[C@H](C)c3csc(C)n3)cc(C)nc2c1. The monoisotopic (exact) mass is 341 g/mol. The number of nitrogens with zero attached hydrogens (tertiary/aromatic N) is 2. The molecule has 124 valence electrons. The second-order valence-corrected chi connectivity index (χ2v) is 6.74. The van der Waals surface area contributed by atoms with Crippen molar-refractivity contribution in [1.29, 1.82) is 0 Å². The first-order valence-corrected chi connectivity index (χ1v) is 8.54. The maximum Gasteiger partial charge on any atom is 0.252 e. The summed E-state index contributed by atoms with van der Waals surface area (Å²) < 4.78 is 5.24. The normalized spacial score (nSPS) is 12.2. The highest BCUT2D eigenvalue weighted by molar-refractivity contribution is 7.09. The van der Waals surface area contributed by atoms with Crippen LogP contribution in [0.15, 0.2) is 29.6 Å². The Labute approximate surface area is 144 Å². The van der Waals surface area contributed by atoms with E-state index in [0.29, 0.717) is 5.56 Å². The van der Waals surface area contributed by atoms with Gasteiger partial charge in [-0.2, -0.15) is 0 Å². The molecule has 5 nitrogen and oxygen atoms in total. The van der Waals surface area contributed by atoms with Crippen LogP contribution < -0.4 is 10.1 Å². The number of carbonyl (C=O) groups excluding carboxylic acids is 1. The molecule has 2 heterocycles. The summed E-state index contributed by atoms with van der Waals surface area (Å²) in [7, 11) is 1.61. The molecule has 0 unspecified atom stereocenters. The molecular formula is C18H19N3O2S. The Morgan fingerprint density at radius 1 is 1.25 bits per heavy atom. The lowest BCUT2D eigenvalue weighted by molar-refractivity contribution is 0.0940. The van der Waals surface area contributed by atoms with Crippen molar-refractivity contribution >= 4 is 28.1 Å². The first-order valence-electron chi connectivity index (χ1n) is 7.66. The van der Waals surface area contributed by atoms with Gasteiger partial charge in [0.05, 0.1) is 34.9 Å². The standard InChI is InChI=1S/C18H19N3O2S/c1-10-7-15(14-6-5-13(23-4)8-16(14)19-10)18(22)20-11(2)17-9-24-12(3)21-17/h5-9,11H,1-4H3,(H,20,22)/t11-/m1/s1. The van der Waals surface area contributed by atoms with Crippen molar-refractivity contribution < 1.29 is 9.53 Å². The molecule has 0 aliphatic rings. The first-order chi connectivity index (χ1) is 11.5. The predicted octanol–water partition coefficient (Wildman–Crippen LogP) is 3.81. The molecule has 6 heteroatoms. The van der Waals surface area contributed by atoms with Crippen LogP contribution in [0.1, 0.15) is 39.7 Å². The summed E-state index contributed by atoms with van der Waals surface area (Å²) in [6.45, 7) is 5.77. The van der Waals surface area contributed by atoms with E-state index >= 15 is 0 Å². The average Bonchev–Trinajstić information content (AvgIpc) is 2.99. The Hall–Kier alpha value is -2.47. The van der Waals surface area contributed by atoms with E-state index in [-0.39, 0.29) is 11.9 Å². The fourth-order valence-corrected chi connectivity index (χ4v) is 3.29. The van der Waals surface area contributed by atoms with E-state index in [1.54, 1.807) is 18.4 Å². The molecule has 0 saturated heterocycles. The van der Waals surface area contributed by atoms with Crippen LogP contribution in [0.3, 0.4) is 0 Å². The number of nitrogens with one attached hydrogen (secondary N) is 1. The number of carbonyl (C=O) groups is 1. The Morgan fingerprint density at radius 3 is 2.71 bits per heavy atom. The molecule has 0 saturated carbocycles. The Bertz CT molecular complexity index is 904. The van der Waals surface area contributed by atoms with Gasteiger partial charge < -0.3 is 10.1 Å². The highest BCUT2D eigenvalue weighted by Crippen LogP contribution is 2.24. The zero-order chi connectivity index (χ0) is 17.3. The van der Waals surface area contributed by atoms with Crippen molar-refractivity contribution in [2.24, 2.45) is 0 Å². The minimum Gasteiger partial charge on any atom is -0.497 e. The van der Waals surface area contributed by atoms with Gasteiger partial charge in [0.15, 0.2) is 0 Å². The molecular weight excluding hydrogens is 322 g/mol. The number of methoxy groups -OCH3 is 1. The van der Waals surface area contributed by atoms with Gasteiger partial charge in [-0.05, 0) is 39.0 Å². The van der Waals surface area contributed by atoms with E-state index in [1.165, 1.54) is 0 Å². The van der Waals surface area contributed by atoms with Gasteiger partial charge in [-0.1, -0.05) is 0 Å². The Balaban J connectivity index is 1.94. The van der Waals surface area contributed by atoms with Crippen LogP contribution in [-0.2, 0) is 0 Å². The van der Waals surface area contributed by atoms with Gasteiger partial charge >= 0.3 is 0 Å². The van der Waals surface area contributed by atoms with Crippen LogP contribution in [0.4, 0.5) is 0 Å². The fraction of sp³-hybridized carbons (Fsp3) is 0.278. The number of pyridine rings is 1. The van der Waals surface area contributed by atoms with Crippen molar-refractivity contribution in [3.63, 3.8) is 0 Å². The van der Waals surface area contributed by atoms with Crippen LogP contribution in [0, 0.1) is 13.8 Å². The number of benzene rings is 1. The third-order valence-electron chi connectivity index (χ3n) is 3.82. The summed E-state index contributed by atoms with van der Waals surface area (Å²) in [6, 6.07) is 7.20. The molecule has 3 rings (SSSR count). The number of rotatable bonds is 4. The Morgan fingerprint density at radius 2 is 2.04 bits per heavy atom. The molecule has 0 spiro atoms. The van der Waals surface area contributed by atoms with Crippen LogP contribution >= 0.6 is 11.3 Å². The number of ether oxygens (including phenoxy) is 1. The molecule has 1 aromatic carbocycles. The molecule has 0 radical (unpaired) electrons. The molecule has 3 aromatic rings. The van der Waals surface area contributed by atoms with E-state index in [1.807, 2.05) is 50.4 Å². The van der Waals surface area contributed by atoms with Gasteiger partial charge in [-0.15, -0.1) is 11.3 Å². The minimum atomic E-state index is -0.149. The zero-order valence-corrected chi connectivity index (χ0v) is 14.9. The average molecular weight is 341 g/mol. The van der Waals surface area contributed by atoms with E-state index in [9.17, 15) is 4.79 Å². The molecule has 2 aromatic heterocycles. The molecule has 0 aliphatic heterocycles. The molecule has 1 N–H and O–H groups in total. The van der Waals surface area contributed by atoms with Gasteiger partial charge in [0, 0.05) is 22.5 Å². The first kappa shape index (κ1) is 16.4. The van der Waals surface area contributed by atoms with Crippen LogP contribution in [0.2, 0.25) is 0 Å². The number of aryl methyl sites for hydroxylation is 2. The molecule has 1 atom stereocenters. The smallest absolute Gasteiger partial charge is 0.252 e. The van der Waals surface area contributed by atoms with Crippen molar-refractivity contribution in [2.45, 2.75) is 26.8 Å². The highest BCUT2D eigenvalue weighted by atomic mass is 32.1. The number of amides is 1. The van der Waals surface area contributed by atoms with Crippen molar-refractivity contribution in [3.05, 3.63) is 51.6 Å². The van der Waals surface area contributed by atoms with E-state index in [0.717, 1.165) is 33.0 Å². The third-order valence-corrected chi connectivity index (χ3v) is 4.61. The third kappa shape index (κ3) is 3.23. The Kier molecular flexibility index (Phi) is 4.49. The maximum absolute atomic E-state index is 12.8. The number of fused-ring (bicyclic) bond motifs is 1. The number of hydrogen-bond acceptors (Lipinski definition) is 5. The molecule has 1 amide bonds.